The monoisotopic (exact) mass is 534 g/mol. The van der Waals surface area contributed by atoms with Crippen molar-refractivity contribution in [2.75, 3.05) is 11.4 Å². The Balaban J connectivity index is 1.73. The van der Waals surface area contributed by atoms with Crippen LogP contribution in [0.5, 0.6) is 0 Å². The van der Waals surface area contributed by atoms with Crippen molar-refractivity contribution in [3.63, 3.8) is 0 Å². The van der Waals surface area contributed by atoms with Gasteiger partial charge in [0.15, 0.2) is 0 Å². The van der Waals surface area contributed by atoms with Gasteiger partial charge in [-0.1, -0.05) is 93.1 Å². The van der Waals surface area contributed by atoms with Crippen molar-refractivity contribution >= 4 is 33.1 Å². The third-order valence-corrected chi connectivity index (χ3v) is 7.48. The summed E-state index contributed by atoms with van der Waals surface area (Å²) in [5.41, 5.74) is 5.68. The summed E-state index contributed by atoms with van der Waals surface area (Å²) in [6.45, 7) is 7.08. The molecular formula is C37H34N4. The first-order chi connectivity index (χ1) is 20.1. The van der Waals surface area contributed by atoms with Gasteiger partial charge in [-0.25, -0.2) is 0 Å². The summed E-state index contributed by atoms with van der Waals surface area (Å²) in [5, 5.41) is 24.0. The van der Waals surface area contributed by atoms with Gasteiger partial charge in [0.25, 0.3) is 0 Å². The summed E-state index contributed by atoms with van der Waals surface area (Å²) >= 11 is 0. The Morgan fingerprint density at radius 1 is 0.878 bits per heavy atom. The minimum Gasteiger partial charge on any atom is -0.341 e. The maximum Gasteiger partial charge on any atom is 0.103 e. The summed E-state index contributed by atoms with van der Waals surface area (Å²) in [7, 11) is 0. The lowest BCUT2D eigenvalue weighted by atomic mass is 10.0. The van der Waals surface area contributed by atoms with Crippen molar-refractivity contribution < 1.29 is 0 Å². The fraction of sp³-hybridized carbons (Fsp3) is 0.189. The summed E-state index contributed by atoms with van der Waals surface area (Å²) < 4.78 is 2.09. The van der Waals surface area contributed by atoms with E-state index < -0.39 is 0 Å². The summed E-state index contributed by atoms with van der Waals surface area (Å²) in [6.07, 6.45) is 12.4. The normalized spacial score (nSPS) is 12.2. The van der Waals surface area contributed by atoms with E-state index in [2.05, 4.69) is 114 Å². The highest BCUT2D eigenvalue weighted by Crippen LogP contribution is 2.35. The SMILES string of the molecule is C/C=C\C=C/[C@H](C)CN(c1cc(C#N)c(C#N)c(-n2cc(CCC)c3ccccc32)c1)c1ccc2ccccc2c1. The molecule has 0 unspecified atom stereocenters. The maximum atomic E-state index is 10.3. The van der Waals surface area contributed by atoms with Gasteiger partial charge in [-0.05, 0) is 65.9 Å². The fourth-order valence-corrected chi connectivity index (χ4v) is 5.50. The van der Waals surface area contributed by atoms with Gasteiger partial charge in [0.2, 0.25) is 0 Å². The molecule has 0 aliphatic rings. The molecule has 0 saturated carbocycles. The van der Waals surface area contributed by atoms with Gasteiger partial charge in [0, 0.05) is 29.5 Å². The Kier molecular flexibility index (Phi) is 8.33. The highest BCUT2D eigenvalue weighted by Gasteiger charge is 2.20. The standard InChI is InChI=1S/C37H34N4/c1-4-6-7-13-27(3)25-40(32-19-18-28-14-8-9-15-29(28)20-32)33-21-31(23-38)35(24-39)37(22-33)41-26-30(12-5-2)34-16-10-11-17-36(34)41/h4,6-11,13-22,26-27H,5,12,25H2,1-3H3/b6-4-,13-7-/t27-/m0/s1. The molecule has 1 aromatic heterocycles. The molecule has 0 aliphatic carbocycles. The van der Waals surface area contributed by atoms with Gasteiger partial charge in [-0.3, -0.25) is 0 Å². The van der Waals surface area contributed by atoms with Crippen LogP contribution in [0, 0.1) is 28.6 Å². The number of nitriles is 2. The molecule has 0 fully saturated rings. The zero-order valence-electron chi connectivity index (χ0n) is 23.9. The number of anilines is 2. The molecule has 41 heavy (non-hydrogen) atoms. The lowest BCUT2D eigenvalue weighted by molar-refractivity contribution is 0.721. The molecule has 5 rings (SSSR count). The Labute approximate surface area is 242 Å². The third kappa shape index (κ3) is 5.65. The quantitative estimate of drug-likeness (QED) is 0.177. The fourth-order valence-electron chi connectivity index (χ4n) is 5.50. The lowest BCUT2D eigenvalue weighted by Crippen LogP contribution is -2.23. The van der Waals surface area contributed by atoms with Crippen molar-refractivity contribution in [2.24, 2.45) is 5.92 Å². The van der Waals surface area contributed by atoms with E-state index in [0.29, 0.717) is 17.7 Å². The van der Waals surface area contributed by atoms with Gasteiger partial charge in [-0.15, -0.1) is 0 Å². The van der Waals surface area contributed by atoms with Crippen LogP contribution in [-0.2, 0) is 6.42 Å². The number of aromatic nitrogens is 1. The number of nitrogens with zero attached hydrogens (tertiary/aromatic N) is 4. The third-order valence-electron chi connectivity index (χ3n) is 7.48. The van der Waals surface area contributed by atoms with Crippen molar-refractivity contribution in [3.05, 3.63) is 126 Å². The zero-order chi connectivity index (χ0) is 28.8. The van der Waals surface area contributed by atoms with E-state index in [1.807, 2.05) is 37.3 Å². The van der Waals surface area contributed by atoms with Gasteiger partial charge in [0.1, 0.15) is 12.1 Å². The van der Waals surface area contributed by atoms with E-state index >= 15 is 0 Å². The van der Waals surface area contributed by atoms with Gasteiger partial charge < -0.3 is 9.47 Å². The van der Waals surface area contributed by atoms with Crippen molar-refractivity contribution in [1.82, 2.24) is 4.57 Å². The first kappa shape index (κ1) is 27.5. The van der Waals surface area contributed by atoms with E-state index in [4.69, 9.17) is 0 Å². The average molecular weight is 535 g/mol. The minimum absolute atomic E-state index is 0.228. The second-order valence-electron chi connectivity index (χ2n) is 10.4. The highest BCUT2D eigenvalue weighted by atomic mass is 15.1. The Hall–Kier alpha value is -5.06. The second kappa shape index (κ2) is 12.4. The first-order valence-corrected chi connectivity index (χ1v) is 14.2. The molecule has 1 heterocycles. The van der Waals surface area contributed by atoms with E-state index in [1.165, 1.54) is 16.3 Å². The summed E-state index contributed by atoms with van der Waals surface area (Å²) in [5.74, 6) is 0.228. The van der Waals surface area contributed by atoms with E-state index in [0.717, 1.165) is 40.8 Å². The molecular weight excluding hydrogens is 500 g/mol. The maximum absolute atomic E-state index is 10.3. The van der Waals surface area contributed by atoms with Crippen LogP contribution in [-0.4, -0.2) is 11.1 Å². The van der Waals surface area contributed by atoms with Crippen LogP contribution in [0.4, 0.5) is 11.4 Å². The van der Waals surface area contributed by atoms with Gasteiger partial charge >= 0.3 is 0 Å². The Bertz CT molecular complexity index is 1840. The predicted octanol–water partition coefficient (Wildman–Crippen LogP) is 9.39. The molecule has 0 saturated heterocycles. The molecule has 0 aliphatic heterocycles. The number of rotatable bonds is 9. The topological polar surface area (TPSA) is 55.8 Å². The molecule has 202 valence electrons. The van der Waals surface area contributed by atoms with E-state index in [-0.39, 0.29) is 5.92 Å². The number of allylic oxidation sites excluding steroid dienone is 3. The highest BCUT2D eigenvalue weighted by molar-refractivity contribution is 5.89. The average Bonchev–Trinajstić information content (AvgIpc) is 3.37. The summed E-state index contributed by atoms with van der Waals surface area (Å²) in [6, 6.07) is 31.7. The zero-order valence-corrected chi connectivity index (χ0v) is 23.9. The number of benzene rings is 4. The van der Waals surface area contributed by atoms with Crippen LogP contribution < -0.4 is 4.90 Å². The number of hydrogen-bond acceptors (Lipinski definition) is 3. The van der Waals surface area contributed by atoms with Crippen LogP contribution in [0.25, 0.3) is 27.4 Å². The van der Waals surface area contributed by atoms with Gasteiger partial charge in [0.05, 0.1) is 22.3 Å². The minimum atomic E-state index is 0.228. The molecule has 0 amide bonds. The largest absolute Gasteiger partial charge is 0.341 e. The number of hydrogen-bond donors (Lipinski definition) is 0. The van der Waals surface area contributed by atoms with Crippen LogP contribution in [0.2, 0.25) is 0 Å². The molecule has 0 bridgehead atoms. The van der Waals surface area contributed by atoms with Crippen LogP contribution >= 0.6 is 0 Å². The van der Waals surface area contributed by atoms with E-state index in [9.17, 15) is 10.5 Å². The molecule has 5 aromatic rings. The lowest BCUT2D eigenvalue weighted by Gasteiger charge is -2.29. The smallest absolute Gasteiger partial charge is 0.103 e. The van der Waals surface area contributed by atoms with Crippen LogP contribution in [0.15, 0.2) is 109 Å². The molecule has 4 nitrogen and oxygen atoms in total. The molecule has 4 heteroatoms. The van der Waals surface area contributed by atoms with Crippen molar-refractivity contribution in [2.45, 2.75) is 33.6 Å². The molecule has 0 radical (unpaired) electrons. The predicted molar refractivity (Wildman–Crippen MR) is 171 cm³/mol. The molecule has 4 aromatic carbocycles. The van der Waals surface area contributed by atoms with Crippen molar-refractivity contribution in [3.8, 4) is 17.8 Å². The van der Waals surface area contributed by atoms with E-state index in [1.54, 1.807) is 0 Å². The Morgan fingerprint density at radius 2 is 1.66 bits per heavy atom. The number of fused-ring (bicyclic) bond motifs is 2. The summed E-state index contributed by atoms with van der Waals surface area (Å²) in [4.78, 5) is 2.27. The molecule has 0 N–H and O–H groups in total. The molecule has 1 atom stereocenters. The second-order valence-corrected chi connectivity index (χ2v) is 10.4. The first-order valence-electron chi connectivity index (χ1n) is 14.2. The van der Waals surface area contributed by atoms with Crippen LogP contribution in [0.1, 0.15) is 43.9 Å². The van der Waals surface area contributed by atoms with Crippen molar-refractivity contribution in [1.29, 1.82) is 10.5 Å². The number of para-hydroxylation sites is 1. The van der Waals surface area contributed by atoms with Gasteiger partial charge in [-0.2, -0.15) is 10.5 Å². The number of aryl methyl sites for hydroxylation is 1. The van der Waals surface area contributed by atoms with Crippen LogP contribution in [0.3, 0.4) is 0 Å². The Morgan fingerprint density at radius 3 is 2.41 bits per heavy atom. The molecule has 0 spiro atoms.